The zero-order valence-electron chi connectivity index (χ0n) is 12.1. The smallest absolute Gasteiger partial charge is 0.123 e. The Morgan fingerprint density at radius 3 is 2.80 bits per heavy atom. The van der Waals surface area contributed by atoms with Crippen molar-refractivity contribution in [2.75, 3.05) is 13.2 Å². The predicted octanol–water partition coefficient (Wildman–Crippen LogP) is 2.88. The molecule has 2 rings (SSSR count). The molecule has 0 aromatic heterocycles. The van der Waals surface area contributed by atoms with Crippen LogP contribution in [0.4, 0.5) is 4.39 Å². The first kappa shape index (κ1) is 15.3. The molecule has 2 N–H and O–H groups in total. The van der Waals surface area contributed by atoms with E-state index in [1.165, 1.54) is 12.1 Å². The van der Waals surface area contributed by atoms with Crippen LogP contribution in [0.5, 0.6) is 5.75 Å². The molecule has 20 heavy (non-hydrogen) atoms. The first-order valence-electron chi connectivity index (χ1n) is 7.45. The molecule has 1 aliphatic rings. The zero-order chi connectivity index (χ0) is 14.4. The monoisotopic (exact) mass is 281 g/mol. The van der Waals surface area contributed by atoms with E-state index in [4.69, 9.17) is 4.74 Å². The van der Waals surface area contributed by atoms with Crippen molar-refractivity contribution in [1.82, 2.24) is 5.32 Å². The van der Waals surface area contributed by atoms with E-state index in [-0.39, 0.29) is 24.1 Å². The Hall–Kier alpha value is -1.13. The maximum atomic E-state index is 12.9. The van der Waals surface area contributed by atoms with Gasteiger partial charge in [0.05, 0.1) is 6.61 Å². The summed E-state index contributed by atoms with van der Waals surface area (Å²) in [6, 6.07) is 6.13. The van der Waals surface area contributed by atoms with Crippen LogP contribution in [0.2, 0.25) is 0 Å². The van der Waals surface area contributed by atoms with Crippen LogP contribution in [0.25, 0.3) is 0 Å². The van der Waals surface area contributed by atoms with Gasteiger partial charge in [0.1, 0.15) is 17.7 Å². The number of rotatable bonds is 6. The highest BCUT2D eigenvalue weighted by Crippen LogP contribution is 2.31. The molecule has 0 saturated heterocycles. The summed E-state index contributed by atoms with van der Waals surface area (Å²) < 4.78 is 18.8. The summed E-state index contributed by atoms with van der Waals surface area (Å²) in [5, 5.41) is 13.2. The molecule has 2 unspecified atom stereocenters. The van der Waals surface area contributed by atoms with E-state index in [0.717, 1.165) is 38.6 Å². The Bertz CT molecular complexity index is 409. The summed E-state index contributed by atoms with van der Waals surface area (Å²) in [6.45, 7) is 3.16. The van der Waals surface area contributed by atoms with Crippen molar-refractivity contribution in [3.63, 3.8) is 0 Å². The second kappa shape index (κ2) is 7.04. The van der Waals surface area contributed by atoms with Gasteiger partial charge in [0.2, 0.25) is 0 Å². The average Bonchev–Trinajstić information content (AvgIpc) is 2.48. The minimum absolute atomic E-state index is 0.0747. The molecular weight excluding hydrogens is 257 g/mol. The van der Waals surface area contributed by atoms with Crippen LogP contribution in [-0.4, -0.2) is 29.9 Å². The quantitative estimate of drug-likeness (QED) is 0.842. The van der Waals surface area contributed by atoms with Crippen LogP contribution in [0.3, 0.4) is 0 Å². The van der Waals surface area contributed by atoms with E-state index in [2.05, 4.69) is 12.2 Å². The van der Waals surface area contributed by atoms with Crippen molar-refractivity contribution in [3.8, 4) is 5.75 Å². The highest BCUT2D eigenvalue weighted by atomic mass is 19.1. The first-order valence-corrected chi connectivity index (χ1v) is 7.45. The van der Waals surface area contributed by atoms with E-state index in [9.17, 15) is 9.50 Å². The van der Waals surface area contributed by atoms with Gasteiger partial charge in [-0.05, 0) is 56.5 Å². The van der Waals surface area contributed by atoms with Crippen LogP contribution < -0.4 is 10.1 Å². The Balaban J connectivity index is 1.96. The van der Waals surface area contributed by atoms with Crippen LogP contribution in [0.15, 0.2) is 24.3 Å². The Kier molecular flexibility index (Phi) is 5.38. The third-order valence-corrected chi connectivity index (χ3v) is 3.97. The maximum Gasteiger partial charge on any atom is 0.123 e. The summed E-state index contributed by atoms with van der Waals surface area (Å²) in [4.78, 5) is 0. The van der Waals surface area contributed by atoms with Gasteiger partial charge in [-0.25, -0.2) is 4.39 Å². The SMILES string of the molecule is CCCNC1(CO)CCCC(Oc2ccc(F)cc2)C1. The van der Waals surface area contributed by atoms with Crippen LogP contribution in [-0.2, 0) is 0 Å². The highest BCUT2D eigenvalue weighted by molar-refractivity contribution is 5.22. The van der Waals surface area contributed by atoms with Crippen LogP contribution in [0, 0.1) is 5.82 Å². The number of hydrogen-bond acceptors (Lipinski definition) is 3. The third-order valence-electron chi connectivity index (χ3n) is 3.97. The highest BCUT2D eigenvalue weighted by Gasteiger charge is 2.36. The molecule has 1 fully saturated rings. The van der Waals surface area contributed by atoms with Gasteiger partial charge in [0.15, 0.2) is 0 Å². The molecule has 0 bridgehead atoms. The second-order valence-electron chi connectivity index (χ2n) is 5.66. The van der Waals surface area contributed by atoms with Crippen molar-refractivity contribution in [1.29, 1.82) is 0 Å². The van der Waals surface area contributed by atoms with Crippen molar-refractivity contribution >= 4 is 0 Å². The van der Waals surface area contributed by atoms with Gasteiger partial charge < -0.3 is 15.2 Å². The average molecular weight is 281 g/mol. The van der Waals surface area contributed by atoms with Gasteiger partial charge in [-0.15, -0.1) is 0 Å². The molecule has 0 aliphatic heterocycles. The number of aliphatic hydroxyl groups is 1. The van der Waals surface area contributed by atoms with Gasteiger partial charge in [-0.3, -0.25) is 0 Å². The fourth-order valence-corrected chi connectivity index (χ4v) is 2.86. The van der Waals surface area contributed by atoms with E-state index >= 15 is 0 Å². The summed E-state index contributed by atoms with van der Waals surface area (Å²) in [6.07, 6.45) is 4.90. The van der Waals surface area contributed by atoms with Gasteiger partial charge in [-0.2, -0.15) is 0 Å². The molecule has 0 spiro atoms. The molecule has 1 saturated carbocycles. The lowest BCUT2D eigenvalue weighted by Gasteiger charge is -2.40. The lowest BCUT2D eigenvalue weighted by molar-refractivity contribution is 0.0511. The van der Waals surface area contributed by atoms with Crippen LogP contribution in [0.1, 0.15) is 39.0 Å². The molecule has 1 aromatic carbocycles. The van der Waals surface area contributed by atoms with Gasteiger partial charge >= 0.3 is 0 Å². The van der Waals surface area contributed by atoms with Crippen molar-refractivity contribution in [2.24, 2.45) is 0 Å². The summed E-state index contributed by atoms with van der Waals surface area (Å²) in [5.74, 6) is 0.441. The molecule has 2 atom stereocenters. The second-order valence-corrected chi connectivity index (χ2v) is 5.66. The fraction of sp³-hybridized carbons (Fsp3) is 0.625. The van der Waals surface area contributed by atoms with E-state index in [0.29, 0.717) is 5.75 Å². The lowest BCUT2D eigenvalue weighted by Crippen LogP contribution is -2.53. The third kappa shape index (κ3) is 3.93. The summed E-state index contributed by atoms with van der Waals surface area (Å²) >= 11 is 0. The van der Waals surface area contributed by atoms with Gasteiger partial charge in [0, 0.05) is 12.0 Å². The standard InChI is InChI=1S/C16H24FNO2/c1-2-10-18-16(12-19)9-3-4-15(11-16)20-14-7-5-13(17)6-8-14/h5-8,15,18-19H,2-4,9-12H2,1H3. The normalized spacial score (nSPS) is 26.4. The topological polar surface area (TPSA) is 41.5 Å². The van der Waals surface area contributed by atoms with E-state index < -0.39 is 0 Å². The minimum atomic E-state index is -0.254. The fourth-order valence-electron chi connectivity index (χ4n) is 2.86. The van der Waals surface area contributed by atoms with Gasteiger partial charge in [-0.1, -0.05) is 6.92 Å². The summed E-state index contributed by atoms with van der Waals surface area (Å²) in [7, 11) is 0. The molecule has 1 aromatic rings. The Morgan fingerprint density at radius 2 is 2.15 bits per heavy atom. The molecule has 3 nitrogen and oxygen atoms in total. The van der Waals surface area contributed by atoms with E-state index in [1.807, 2.05) is 0 Å². The lowest BCUT2D eigenvalue weighted by atomic mass is 9.80. The molecule has 0 heterocycles. The largest absolute Gasteiger partial charge is 0.490 e. The molecule has 4 heteroatoms. The predicted molar refractivity (Wildman–Crippen MR) is 77.4 cm³/mol. The Morgan fingerprint density at radius 1 is 1.40 bits per heavy atom. The molecule has 1 aliphatic carbocycles. The number of benzene rings is 1. The van der Waals surface area contributed by atoms with E-state index in [1.54, 1.807) is 12.1 Å². The van der Waals surface area contributed by atoms with Gasteiger partial charge in [0.25, 0.3) is 0 Å². The minimum Gasteiger partial charge on any atom is -0.490 e. The maximum absolute atomic E-state index is 12.9. The van der Waals surface area contributed by atoms with Crippen molar-refractivity contribution in [2.45, 2.75) is 50.7 Å². The van der Waals surface area contributed by atoms with Crippen molar-refractivity contribution < 1.29 is 14.2 Å². The van der Waals surface area contributed by atoms with Crippen molar-refractivity contribution in [3.05, 3.63) is 30.1 Å². The number of aliphatic hydroxyl groups excluding tert-OH is 1. The number of halogens is 1. The number of nitrogens with one attached hydrogen (secondary N) is 1. The Labute approximate surface area is 120 Å². The summed E-state index contributed by atoms with van der Waals surface area (Å²) in [5.41, 5.74) is -0.223. The van der Waals surface area contributed by atoms with Crippen LogP contribution >= 0.6 is 0 Å². The molecular formula is C16H24FNO2. The number of ether oxygens (including phenoxy) is 1. The molecule has 112 valence electrons. The molecule has 0 radical (unpaired) electrons. The number of hydrogen-bond donors (Lipinski definition) is 2. The molecule has 0 amide bonds. The zero-order valence-corrected chi connectivity index (χ0v) is 12.1. The first-order chi connectivity index (χ1) is 9.67.